The number of hydrogen-bond acceptors (Lipinski definition) is 7. The van der Waals surface area contributed by atoms with Crippen molar-refractivity contribution in [1.29, 1.82) is 0 Å². The number of nitrogens with zero attached hydrogens (tertiary/aromatic N) is 5. The van der Waals surface area contributed by atoms with E-state index in [1.165, 1.54) is 0 Å². The fourth-order valence-electron chi connectivity index (χ4n) is 3.46. The smallest absolute Gasteiger partial charge is 0.475 e. The summed E-state index contributed by atoms with van der Waals surface area (Å²) in [5.74, 6) is -0.612. The Kier molecular flexibility index (Phi) is 7.54. The number of aryl methyl sites for hydroxylation is 2. The summed E-state index contributed by atoms with van der Waals surface area (Å²) in [6.45, 7) is 6.21. The molecule has 0 bridgehead atoms. The summed E-state index contributed by atoms with van der Waals surface area (Å²) in [5, 5.41) is 14.8. The third-order valence-corrected chi connectivity index (χ3v) is 4.98. The lowest BCUT2D eigenvalue weighted by molar-refractivity contribution is -0.192. The third-order valence-electron chi connectivity index (χ3n) is 4.98. The van der Waals surface area contributed by atoms with Crippen molar-refractivity contribution in [3.8, 4) is 0 Å². The van der Waals surface area contributed by atoms with E-state index in [4.69, 9.17) is 14.3 Å². The molecule has 1 aliphatic rings. The molecular formula is C21H23F3N6O4. The molecule has 0 fully saturated rings. The summed E-state index contributed by atoms with van der Waals surface area (Å²) >= 11 is 0. The minimum absolute atomic E-state index is 0.0139. The number of halogens is 3. The SMILES string of the molecule is Cc1cc(C(=O)N2Cc3ccnn3CC(CNc3ncccn3)C2)c(C)o1.O=C(O)C(F)(F)F. The van der Waals surface area contributed by atoms with Crippen molar-refractivity contribution in [3.05, 3.63) is 59.6 Å². The van der Waals surface area contributed by atoms with Crippen molar-refractivity contribution >= 4 is 17.8 Å². The Morgan fingerprint density at radius 1 is 1.21 bits per heavy atom. The largest absolute Gasteiger partial charge is 0.490 e. The number of fused-ring (bicyclic) bond motifs is 1. The third kappa shape index (κ3) is 6.33. The van der Waals surface area contributed by atoms with Gasteiger partial charge in [0.2, 0.25) is 5.95 Å². The van der Waals surface area contributed by atoms with Crippen LogP contribution in [0.2, 0.25) is 0 Å². The van der Waals surface area contributed by atoms with E-state index in [9.17, 15) is 18.0 Å². The van der Waals surface area contributed by atoms with Gasteiger partial charge < -0.3 is 19.7 Å². The first-order valence-corrected chi connectivity index (χ1v) is 10.2. The van der Waals surface area contributed by atoms with Crippen molar-refractivity contribution in [2.75, 3.05) is 18.4 Å². The maximum atomic E-state index is 13.1. The first kappa shape index (κ1) is 24.7. The van der Waals surface area contributed by atoms with Crippen molar-refractivity contribution in [1.82, 2.24) is 24.6 Å². The van der Waals surface area contributed by atoms with Crippen molar-refractivity contribution in [2.24, 2.45) is 5.92 Å². The lowest BCUT2D eigenvalue weighted by atomic mass is 10.1. The number of aromatic nitrogens is 4. The van der Waals surface area contributed by atoms with Gasteiger partial charge in [-0.25, -0.2) is 14.8 Å². The number of carbonyl (C=O) groups is 2. The molecule has 2 N–H and O–H groups in total. The van der Waals surface area contributed by atoms with Crippen molar-refractivity contribution in [2.45, 2.75) is 33.1 Å². The Bertz CT molecular complexity index is 1130. The van der Waals surface area contributed by atoms with E-state index in [1.807, 2.05) is 35.6 Å². The molecule has 0 aliphatic carbocycles. The molecule has 1 unspecified atom stereocenters. The van der Waals surface area contributed by atoms with Crippen LogP contribution in [0.3, 0.4) is 0 Å². The maximum absolute atomic E-state index is 13.1. The second-order valence-corrected chi connectivity index (χ2v) is 7.64. The highest BCUT2D eigenvalue weighted by atomic mass is 19.4. The number of hydrogen-bond donors (Lipinski definition) is 2. The number of carboxylic acids is 1. The monoisotopic (exact) mass is 480 g/mol. The first-order valence-electron chi connectivity index (χ1n) is 10.2. The van der Waals surface area contributed by atoms with E-state index in [2.05, 4.69) is 20.4 Å². The topological polar surface area (TPSA) is 126 Å². The van der Waals surface area contributed by atoms with E-state index in [0.717, 1.165) is 18.0 Å². The van der Waals surface area contributed by atoms with Gasteiger partial charge in [-0.2, -0.15) is 18.3 Å². The lowest BCUT2D eigenvalue weighted by Crippen LogP contribution is -2.36. The van der Waals surface area contributed by atoms with Crippen LogP contribution in [0.25, 0.3) is 0 Å². The normalized spacial score (nSPS) is 15.6. The van der Waals surface area contributed by atoms with Gasteiger partial charge in [-0.05, 0) is 32.0 Å². The van der Waals surface area contributed by atoms with Crippen LogP contribution in [0.15, 0.2) is 41.2 Å². The number of rotatable bonds is 4. The molecule has 0 saturated heterocycles. The van der Waals surface area contributed by atoms with Gasteiger partial charge in [0.25, 0.3) is 5.91 Å². The summed E-state index contributed by atoms with van der Waals surface area (Å²) in [6, 6.07) is 5.55. The molecule has 3 aromatic heterocycles. The zero-order valence-electron chi connectivity index (χ0n) is 18.4. The van der Waals surface area contributed by atoms with Crippen LogP contribution < -0.4 is 5.32 Å². The fourth-order valence-corrected chi connectivity index (χ4v) is 3.46. The van der Waals surface area contributed by atoms with Crippen molar-refractivity contribution < 1.29 is 32.3 Å². The fraction of sp³-hybridized carbons (Fsp3) is 0.381. The Balaban J connectivity index is 0.000000406. The van der Waals surface area contributed by atoms with Gasteiger partial charge in [0.05, 0.1) is 17.8 Å². The van der Waals surface area contributed by atoms with E-state index in [1.54, 1.807) is 24.7 Å². The Morgan fingerprint density at radius 3 is 2.47 bits per heavy atom. The lowest BCUT2D eigenvalue weighted by Gasteiger charge is -2.24. The highest BCUT2D eigenvalue weighted by molar-refractivity contribution is 5.95. The number of aliphatic carboxylic acids is 1. The van der Waals surface area contributed by atoms with E-state index in [-0.39, 0.29) is 11.8 Å². The standard InChI is InChI=1S/C19H22N6O2.C2HF3O2/c1-13-8-17(14(2)27-13)18(26)24-10-15(9-22-19-20-5-3-6-21-19)11-25-16(12-24)4-7-23-25;3-2(4,5)1(6)7/h3-8,15H,9-12H2,1-2H3,(H,20,21,22);(H,6,7). The van der Waals surface area contributed by atoms with E-state index in [0.29, 0.717) is 36.9 Å². The molecule has 13 heteroatoms. The quantitative estimate of drug-likeness (QED) is 0.584. The molecule has 1 atom stereocenters. The number of alkyl halides is 3. The summed E-state index contributed by atoms with van der Waals surface area (Å²) in [6.07, 6.45) is 0.100. The summed E-state index contributed by atoms with van der Waals surface area (Å²) in [7, 11) is 0. The van der Waals surface area contributed by atoms with Gasteiger partial charge in [-0.15, -0.1) is 0 Å². The Hall–Kier alpha value is -3.90. The maximum Gasteiger partial charge on any atom is 0.490 e. The number of amides is 1. The van der Waals surface area contributed by atoms with Crippen LogP contribution in [-0.2, 0) is 17.9 Å². The van der Waals surface area contributed by atoms with Crippen LogP contribution in [-0.4, -0.2) is 60.9 Å². The molecule has 0 radical (unpaired) electrons. The number of anilines is 1. The predicted molar refractivity (Wildman–Crippen MR) is 113 cm³/mol. The summed E-state index contributed by atoms with van der Waals surface area (Å²) < 4.78 is 39.3. The first-order chi connectivity index (χ1) is 16.0. The van der Waals surface area contributed by atoms with Gasteiger partial charge in [0.15, 0.2) is 0 Å². The average molecular weight is 480 g/mol. The highest BCUT2D eigenvalue weighted by Crippen LogP contribution is 2.22. The predicted octanol–water partition coefficient (Wildman–Crippen LogP) is 2.90. The van der Waals surface area contributed by atoms with E-state index >= 15 is 0 Å². The molecule has 0 saturated carbocycles. The molecular weight excluding hydrogens is 457 g/mol. The van der Waals surface area contributed by atoms with Gasteiger partial charge >= 0.3 is 12.1 Å². The Morgan fingerprint density at radius 2 is 1.88 bits per heavy atom. The second kappa shape index (κ2) is 10.4. The molecule has 4 heterocycles. The molecule has 182 valence electrons. The molecule has 1 amide bonds. The van der Waals surface area contributed by atoms with Gasteiger partial charge in [0, 0.05) is 44.1 Å². The Labute approximate surface area is 192 Å². The number of carboxylic acid groups (broad SMARTS) is 1. The van der Waals surface area contributed by atoms with Crippen molar-refractivity contribution in [3.63, 3.8) is 0 Å². The van der Waals surface area contributed by atoms with Crippen LogP contribution in [0.5, 0.6) is 0 Å². The van der Waals surface area contributed by atoms with Crippen LogP contribution in [0.4, 0.5) is 19.1 Å². The average Bonchev–Trinajstić information content (AvgIpc) is 3.31. The van der Waals surface area contributed by atoms with Crippen LogP contribution in [0, 0.1) is 19.8 Å². The van der Waals surface area contributed by atoms with Crippen LogP contribution in [0.1, 0.15) is 27.6 Å². The summed E-state index contributed by atoms with van der Waals surface area (Å²) in [4.78, 5) is 32.3. The summed E-state index contributed by atoms with van der Waals surface area (Å²) in [5.41, 5.74) is 1.65. The molecule has 0 spiro atoms. The zero-order chi connectivity index (χ0) is 24.9. The van der Waals surface area contributed by atoms with Gasteiger partial charge in [-0.1, -0.05) is 0 Å². The zero-order valence-corrected chi connectivity index (χ0v) is 18.4. The van der Waals surface area contributed by atoms with Gasteiger partial charge in [-0.3, -0.25) is 9.48 Å². The molecule has 4 rings (SSSR count). The van der Waals surface area contributed by atoms with Crippen LogP contribution >= 0.6 is 0 Å². The number of nitrogens with one attached hydrogen (secondary N) is 1. The number of furan rings is 1. The molecule has 3 aromatic rings. The molecule has 0 aromatic carbocycles. The minimum Gasteiger partial charge on any atom is -0.475 e. The molecule has 10 nitrogen and oxygen atoms in total. The number of carbonyl (C=O) groups excluding carboxylic acids is 1. The van der Waals surface area contributed by atoms with Gasteiger partial charge in [0.1, 0.15) is 11.5 Å². The molecule has 34 heavy (non-hydrogen) atoms. The second-order valence-electron chi connectivity index (χ2n) is 7.64. The minimum atomic E-state index is -5.08. The van der Waals surface area contributed by atoms with E-state index < -0.39 is 12.1 Å². The highest BCUT2D eigenvalue weighted by Gasteiger charge is 2.38. The molecule has 1 aliphatic heterocycles.